The Morgan fingerprint density at radius 1 is 1.29 bits per heavy atom. The van der Waals surface area contributed by atoms with E-state index in [1.807, 2.05) is 0 Å². The standard InChI is InChI=1S/C18H17Cl2F3N4S/c1-27-16(14(19)9-25-27)12-7-15(28-17(12)20)26-11(8-24)6-10-4-2-3-5-13(10)18(21,22)23/h2-5,7,9,11,26H,6,8,24H2,1H3/t11-/m0/s1. The molecule has 0 saturated heterocycles. The Hall–Kier alpha value is -1.74. The van der Waals surface area contributed by atoms with Crippen LogP contribution in [0.25, 0.3) is 11.3 Å². The zero-order valence-corrected chi connectivity index (χ0v) is 17.1. The Kier molecular flexibility index (Phi) is 6.24. The van der Waals surface area contributed by atoms with E-state index in [9.17, 15) is 13.2 Å². The van der Waals surface area contributed by atoms with Gasteiger partial charge in [-0.3, -0.25) is 4.68 Å². The van der Waals surface area contributed by atoms with Gasteiger partial charge in [-0.05, 0) is 24.1 Å². The van der Waals surface area contributed by atoms with Gasteiger partial charge in [-0.25, -0.2) is 0 Å². The van der Waals surface area contributed by atoms with Crippen molar-refractivity contribution in [3.8, 4) is 11.3 Å². The average molecular weight is 449 g/mol. The number of halogens is 5. The molecule has 0 amide bonds. The highest BCUT2D eigenvalue weighted by atomic mass is 35.5. The highest BCUT2D eigenvalue weighted by Gasteiger charge is 2.33. The van der Waals surface area contributed by atoms with E-state index < -0.39 is 17.8 Å². The summed E-state index contributed by atoms with van der Waals surface area (Å²) in [7, 11) is 1.75. The Balaban J connectivity index is 1.83. The predicted molar refractivity (Wildman–Crippen MR) is 108 cm³/mol. The molecule has 0 saturated carbocycles. The number of benzene rings is 1. The van der Waals surface area contributed by atoms with Gasteiger partial charge in [0.25, 0.3) is 0 Å². The Morgan fingerprint density at radius 2 is 2.00 bits per heavy atom. The number of rotatable bonds is 6. The fourth-order valence-electron chi connectivity index (χ4n) is 2.95. The third-order valence-electron chi connectivity index (χ3n) is 4.26. The van der Waals surface area contributed by atoms with E-state index in [4.69, 9.17) is 28.9 Å². The SMILES string of the molecule is Cn1ncc(Cl)c1-c1cc(N[C@H](CN)Cc2ccccc2C(F)(F)F)sc1Cl. The highest BCUT2D eigenvalue weighted by molar-refractivity contribution is 7.20. The van der Waals surface area contributed by atoms with Gasteiger partial charge in [-0.15, -0.1) is 11.3 Å². The van der Waals surface area contributed by atoms with Crippen LogP contribution in [0.1, 0.15) is 11.1 Å². The van der Waals surface area contributed by atoms with E-state index in [2.05, 4.69) is 10.4 Å². The lowest BCUT2D eigenvalue weighted by molar-refractivity contribution is -0.138. The van der Waals surface area contributed by atoms with Crippen LogP contribution in [0.3, 0.4) is 0 Å². The van der Waals surface area contributed by atoms with E-state index in [0.29, 0.717) is 25.6 Å². The summed E-state index contributed by atoms with van der Waals surface area (Å²) in [5, 5.41) is 8.43. The number of nitrogens with one attached hydrogen (secondary N) is 1. The summed E-state index contributed by atoms with van der Waals surface area (Å²) in [5.41, 5.74) is 6.72. The molecular weight excluding hydrogens is 432 g/mol. The lowest BCUT2D eigenvalue weighted by Gasteiger charge is -2.19. The van der Waals surface area contributed by atoms with Gasteiger partial charge in [0.05, 0.1) is 27.5 Å². The number of anilines is 1. The molecule has 0 fully saturated rings. The third kappa shape index (κ3) is 4.46. The average Bonchev–Trinajstić information content (AvgIpc) is 3.15. The van der Waals surface area contributed by atoms with Crippen LogP contribution in [0.4, 0.5) is 18.2 Å². The molecule has 0 bridgehead atoms. The third-order valence-corrected chi connectivity index (χ3v) is 5.82. The topological polar surface area (TPSA) is 55.9 Å². The van der Waals surface area contributed by atoms with Crippen LogP contribution in [0.15, 0.2) is 36.5 Å². The quantitative estimate of drug-likeness (QED) is 0.526. The number of thiophene rings is 1. The van der Waals surface area contributed by atoms with Crippen molar-refractivity contribution in [1.82, 2.24) is 9.78 Å². The monoisotopic (exact) mass is 448 g/mol. The summed E-state index contributed by atoms with van der Waals surface area (Å²) in [5.74, 6) is 0. The van der Waals surface area contributed by atoms with Crippen molar-refractivity contribution in [3.05, 3.63) is 57.0 Å². The van der Waals surface area contributed by atoms with Gasteiger partial charge >= 0.3 is 6.18 Å². The maximum atomic E-state index is 13.2. The number of aryl methyl sites for hydroxylation is 1. The number of aromatic nitrogens is 2. The summed E-state index contributed by atoms with van der Waals surface area (Å²) in [4.78, 5) is 0. The molecule has 0 radical (unpaired) electrons. The fourth-order valence-corrected chi connectivity index (χ4v) is 4.47. The molecule has 10 heteroatoms. The molecule has 2 heterocycles. The number of alkyl halides is 3. The molecule has 3 aromatic rings. The number of nitrogens with zero attached hydrogens (tertiary/aromatic N) is 2. The molecule has 1 aromatic carbocycles. The number of nitrogens with two attached hydrogens (primary N) is 1. The van der Waals surface area contributed by atoms with Crippen LogP contribution in [0, 0.1) is 0 Å². The molecular formula is C18H17Cl2F3N4S. The number of hydrogen-bond acceptors (Lipinski definition) is 4. The molecule has 4 nitrogen and oxygen atoms in total. The first-order valence-corrected chi connectivity index (χ1v) is 9.86. The van der Waals surface area contributed by atoms with E-state index in [1.54, 1.807) is 23.9 Å². The number of hydrogen-bond donors (Lipinski definition) is 2. The fraction of sp³-hybridized carbons (Fsp3) is 0.278. The zero-order valence-electron chi connectivity index (χ0n) is 14.7. The van der Waals surface area contributed by atoms with Gasteiger partial charge in [-0.2, -0.15) is 18.3 Å². The molecule has 0 aliphatic rings. The van der Waals surface area contributed by atoms with Crippen LogP contribution in [0.5, 0.6) is 0 Å². The smallest absolute Gasteiger partial charge is 0.373 e. The minimum Gasteiger partial charge on any atom is -0.373 e. The second kappa shape index (κ2) is 8.32. The van der Waals surface area contributed by atoms with Crippen molar-refractivity contribution >= 4 is 39.5 Å². The summed E-state index contributed by atoms with van der Waals surface area (Å²) < 4.78 is 41.8. The first-order chi connectivity index (χ1) is 13.2. The molecule has 2 aromatic heterocycles. The predicted octanol–water partition coefficient (Wildman–Crippen LogP) is 5.46. The molecule has 0 aliphatic carbocycles. The molecule has 1 atom stereocenters. The summed E-state index contributed by atoms with van der Waals surface area (Å²) >= 11 is 13.8. The van der Waals surface area contributed by atoms with Crippen LogP contribution in [-0.4, -0.2) is 22.4 Å². The molecule has 3 N–H and O–H groups in total. The molecule has 0 spiro atoms. The van der Waals surface area contributed by atoms with E-state index in [0.717, 1.165) is 6.07 Å². The summed E-state index contributed by atoms with van der Waals surface area (Å²) in [6.07, 6.45) is -2.76. The van der Waals surface area contributed by atoms with Crippen LogP contribution >= 0.6 is 34.5 Å². The first-order valence-electron chi connectivity index (χ1n) is 8.29. The second-order valence-electron chi connectivity index (χ2n) is 6.20. The first kappa shape index (κ1) is 21.0. The van der Waals surface area contributed by atoms with Gasteiger partial charge in [0.2, 0.25) is 0 Å². The Morgan fingerprint density at radius 3 is 2.61 bits per heavy atom. The van der Waals surface area contributed by atoms with Gasteiger partial charge in [-0.1, -0.05) is 41.4 Å². The van der Waals surface area contributed by atoms with Gasteiger partial charge in [0.1, 0.15) is 4.34 Å². The van der Waals surface area contributed by atoms with Gasteiger partial charge < -0.3 is 11.1 Å². The molecule has 3 rings (SSSR count). The molecule has 0 unspecified atom stereocenters. The van der Waals surface area contributed by atoms with Crippen molar-refractivity contribution in [3.63, 3.8) is 0 Å². The minimum absolute atomic E-state index is 0.128. The van der Waals surface area contributed by atoms with E-state index in [-0.39, 0.29) is 18.5 Å². The lowest BCUT2D eigenvalue weighted by Crippen LogP contribution is -2.31. The van der Waals surface area contributed by atoms with Crippen molar-refractivity contribution < 1.29 is 13.2 Å². The minimum atomic E-state index is -4.41. The van der Waals surface area contributed by atoms with Crippen LogP contribution < -0.4 is 11.1 Å². The van der Waals surface area contributed by atoms with Crippen molar-refractivity contribution in [2.24, 2.45) is 12.8 Å². The maximum absolute atomic E-state index is 13.2. The van der Waals surface area contributed by atoms with Gasteiger partial charge in [0, 0.05) is 25.2 Å². The van der Waals surface area contributed by atoms with Crippen molar-refractivity contribution in [1.29, 1.82) is 0 Å². The van der Waals surface area contributed by atoms with Gasteiger partial charge in [0.15, 0.2) is 0 Å². The van der Waals surface area contributed by atoms with Crippen LogP contribution in [-0.2, 0) is 19.6 Å². The van der Waals surface area contributed by atoms with Crippen molar-refractivity contribution in [2.45, 2.75) is 18.6 Å². The molecule has 150 valence electrons. The van der Waals surface area contributed by atoms with Crippen LogP contribution in [0.2, 0.25) is 9.36 Å². The largest absolute Gasteiger partial charge is 0.416 e. The zero-order chi connectivity index (χ0) is 20.5. The summed E-state index contributed by atoms with van der Waals surface area (Å²) in [6.45, 7) is 0.156. The van der Waals surface area contributed by atoms with E-state index >= 15 is 0 Å². The normalized spacial score (nSPS) is 13.0. The summed E-state index contributed by atoms with van der Waals surface area (Å²) in [6, 6.07) is 6.91. The highest BCUT2D eigenvalue weighted by Crippen LogP contribution is 2.41. The maximum Gasteiger partial charge on any atom is 0.416 e. The Labute approximate surface area is 174 Å². The van der Waals surface area contributed by atoms with E-state index in [1.165, 1.54) is 29.7 Å². The lowest BCUT2D eigenvalue weighted by atomic mass is 10.00. The second-order valence-corrected chi connectivity index (χ2v) is 8.26. The Bertz CT molecular complexity index is 949. The molecule has 0 aliphatic heterocycles. The van der Waals surface area contributed by atoms with Crippen molar-refractivity contribution in [2.75, 3.05) is 11.9 Å². The molecule has 28 heavy (non-hydrogen) atoms.